The molecule has 1 saturated carbocycles. The summed E-state index contributed by atoms with van der Waals surface area (Å²) >= 11 is 0. The summed E-state index contributed by atoms with van der Waals surface area (Å²) in [7, 11) is 2.35. The molecule has 0 radical (unpaired) electrons. The van der Waals surface area contributed by atoms with Crippen LogP contribution in [0.25, 0.3) is 0 Å². The normalized spacial score (nSPS) is 30.2. The molecular formula is C16H34N2. The van der Waals surface area contributed by atoms with Gasteiger partial charge in [0.25, 0.3) is 0 Å². The molecule has 1 rings (SSSR count). The van der Waals surface area contributed by atoms with E-state index in [-0.39, 0.29) is 5.54 Å². The summed E-state index contributed by atoms with van der Waals surface area (Å²) < 4.78 is 0. The summed E-state index contributed by atoms with van der Waals surface area (Å²) in [4.78, 5) is 2.68. The lowest BCUT2D eigenvalue weighted by Gasteiger charge is -2.50. The maximum Gasteiger partial charge on any atom is 0.0329 e. The molecule has 1 fully saturated rings. The lowest BCUT2D eigenvalue weighted by atomic mass is 9.80. The fourth-order valence-corrected chi connectivity index (χ4v) is 3.64. The Morgan fingerprint density at radius 1 is 1.28 bits per heavy atom. The van der Waals surface area contributed by atoms with Gasteiger partial charge in [0.15, 0.2) is 0 Å². The number of rotatable bonds is 6. The Labute approximate surface area is 115 Å². The van der Waals surface area contributed by atoms with Crippen LogP contribution in [-0.2, 0) is 0 Å². The van der Waals surface area contributed by atoms with E-state index >= 15 is 0 Å². The Balaban J connectivity index is 2.78. The van der Waals surface area contributed by atoms with Crippen LogP contribution in [0.3, 0.4) is 0 Å². The van der Waals surface area contributed by atoms with E-state index < -0.39 is 0 Å². The maximum absolute atomic E-state index is 3.63. The minimum atomic E-state index is 0.270. The number of hydrogen-bond acceptors (Lipinski definition) is 2. The van der Waals surface area contributed by atoms with E-state index in [9.17, 15) is 0 Å². The highest BCUT2D eigenvalue weighted by atomic mass is 15.2. The van der Waals surface area contributed by atoms with Gasteiger partial charge in [-0.2, -0.15) is 0 Å². The van der Waals surface area contributed by atoms with E-state index in [1.54, 1.807) is 0 Å². The molecule has 0 saturated heterocycles. The van der Waals surface area contributed by atoms with Gasteiger partial charge < -0.3 is 5.32 Å². The molecular weight excluding hydrogens is 220 g/mol. The summed E-state index contributed by atoms with van der Waals surface area (Å²) in [6, 6.07) is 1.32. The fourth-order valence-electron chi connectivity index (χ4n) is 3.64. The quantitative estimate of drug-likeness (QED) is 0.778. The van der Waals surface area contributed by atoms with Crippen molar-refractivity contribution in [3.05, 3.63) is 0 Å². The van der Waals surface area contributed by atoms with E-state index in [1.807, 2.05) is 0 Å². The molecule has 4 unspecified atom stereocenters. The van der Waals surface area contributed by atoms with E-state index in [0.29, 0.717) is 6.04 Å². The molecule has 0 bridgehead atoms. The minimum Gasteiger partial charge on any atom is -0.313 e. The second kappa shape index (κ2) is 6.91. The van der Waals surface area contributed by atoms with E-state index in [2.05, 4.69) is 51.9 Å². The molecule has 0 aromatic heterocycles. The molecule has 2 nitrogen and oxygen atoms in total. The predicted molar refractivity (Wildman–Crippen MR) is 81.0 cm³/mol. The van der Waals surface area contributed by atoms with Crippen LogP contribution in [0.2, 0.25) is 0 Å². The number of nitrogens with zero attached hydrogens (tertiary/aromatic N) is 1. The molecule has 1 aliphatic rings. The van der Waals surface area contributed by atoms with Crippen LogP contribution in [0.4, 0.5) is 0 Å². The van der Waals surface area contributed by atoms with Crippen molar-refractivity contribution in [3.63, 3.8) is 0 Å². The van der Waals surface area contributed by atoms with Gasteiger partial charge in [0.05, 0.1) is 0 Å². The molecule has 108 valence electrons. The van der Waals surface area contributed by atoms with E-state index in [1.165, 1.54) is 32.1 Å². The zero-order valence-corrected chi connectivity index (χ0v) is 13.4. The first-order valence-corrected chi connectivity index (χ1v) is 7.93. The van der Waals surface area contributed by atoms with Gasteiger partial charge in [-0.3, -0.25) is 4.90 Å². The first kappa shape index (κ1) is 16.0. The Hall–Kier alpha value is -0.0800. The number of nitrogens with one attached hydrogen (secondary N) is 1. The Kier molecular flexibility index (Phi) is 6.13. The summed E-state index contributed by atoms with van der Waals surface area (Å²) in [6.07, 6.45) is 6.84. The van der Waals surface area contributed by atoms with Gasteiger partial charge in [-0.05, 0) is 52.6 Å². The van der Waals surface area contributed by atoms with Gasteiger partial charge in [-0.15, -0.1) is 0 Å². The van der Waals surface area contributed by atoms with Gasteiger partial charge in [0, 0.05) is 17.6 Å². The lowest BCUT2D eigenvalue weighted by Crippen LogP contribution is -2.61. The Morgan fingerprint density at radius 2 is 1.89 bits per heavy atom. The van der Waals surface area contributed by atoms with E-state index in [4.69, 9.17) is 0 Å². The van der Waals surface area contributed by atoms with Gasteiger partial charge in [0.2, 0.25) is 0 Å². The largest absolute Gasteiger partial charge is 0.313 e. The first-order chi connectivity index (χ1) is 8.47. The molecule has 1 aliphatic carbocycles. The van der Waals surface area contributed by atoms with Gasteiger partial charge in [-0.1, -0.05) is 33.6 Å². The van der Waals surface area contributed by atoms with Crippen molar-refractivity contribution in [2.45, 2.75) is 84.3 Å². The number of hydrogen-bond donors (Lipinski definition) is 1. The molecule has 0 amide bonds. The summed E-state index contributed by atoms with van der Waals surface area (Å²) in [5, 5.41) is 3.63. The molecule has 0 aliphatic heterocycles. The standard InChI is InChI=1S/C16H34N2/c1-7-16(5,14(4)17-8-2)18(6)15-12-10-9-11-13(15)3/h13-15,17H,7-12H2,1-6H3. The molecule has 4 atom stereocenters. The third-order valence-corrected chi connectivity index (χ3v) is 5.53. The maximum atomic E-state index is 3.63. The zero-order chi connectivity index (χ0) is 13.8. The smallest absolute Gasteiger partial charge is 0.0329 e. The van der Waals surface area contributed by atoms with Crippen molar-refractivity contribution in [2.24, 2.45) is 5.92 Å². The predicted octanol–water partition coefficient (Wildman–Crippen LogP) is 3.66. The van der Waals surface area contributed by atoms with Crippen molar-refractivity contribution in [1.82, 2.24) is 10.2 Å². The Bertz CT molecular complexity index is 241. The second-order valence-electron chi connectivity index (χ2n) is 6.43. The number of likely N-dealkylation sites (N-methyl/N-ethyl adjacent to an activating group) is 2. The van der Waals surface area contributed by atoms with Crippen LogP contribution in [0.15, 0.2) is 0 Å². The van der Waals surface area contributed by atoms with Crippen molar-refractivity contribution < 1.29 is 0 Å². The van der Waals surface area contributed by atoms with Gasteiger partial charge in [0.1, 0.15) is 0 Å². The van der Waals surface area contributed by atoms with Crippen LogP contribution in [0, 0.1) is 5.92 Å². The van der Waals surface area contributed by atoms with Crippen LogP contribution in [0.5, 0.6) is 0 Å². The van der Waals surface area contributed by atoms with Crippen molar-refractivity contribution in [2.75, 3.05) is 13.6 Å². The third-order valence-electron chi connectivity index (χ3n) is 5.53. The van der Waals surface area contributed by atoms with Crippen LogP contribution < -0.4 is 5.32 Å². The van der Waals surface area contributed by atoms with Crippen molar-refractivity contribution >= 4 is 0 Å². The van der Waals surface area contributed by atoms with Crippen molar-refractivity contribution in [3.8, 4) is 0 Å². The molecule has 0 spiro atoms. The zero-order valence-electron chi connectivity index (χ0n) is 13.4. The second-order valence-corrected chi connectivity index (χ2v) is 6.43. The highest BCUT2D eigenvalue weighted by Gasteiger charge is 2.39. The van der Waals surface area contributed by atoms with Gasteiger partial charge in [-0.25, -0.2) is 0 Å². The minimum absolute atomic E-state index is 0.270. The van der Waals surface area contributed by atoms with Crippen molar-refractivity contribution in [1.29, 1.82) is 0 Å². The monoisotopic (exact) mass is 254 g/mol. The molecule has 1 N–H and O–H groups in total. The summed E-state index contributed by atoms with van der Waals surface area (Å²) in [5.41, 5.74) is 0.270. The highest BCUT2D eigenvalue weighted by molar-refractivity contribution is 4.96. The lowest BCUT2D eigenvalue weighted by molar-refractivity contribution is 0.0140. The highest BCUT2D eigenvalue weighted by Crippen LogP contribution is 2.34. The molecule has 0 heterocycles. The Morgan fingerprint density at radius 3 is 2.39 bits per heavy atom. The van der Waals surface area contributed by atoms with Crippen LogP contribution >= 0.6 is 0 Å². The molecule has 0 aromatic carbocycles. The fraction of sp³-hybridized carbons (Fsp3) is 1.00. The molecule has 2 heteroatoms. The summed E-state index contributed by atoms with van der Waals surface area (Å²) in [5.74, 6) is 0.850. The third kappa shape index (κ3) is 3.27. The SMILES string of the molecule is CCNC(C)C(C)(CC)N(C)C1CCCCC1C. The topological polar surface area (TPSA) is 15.3 Å². The van der Waals surface area contributed by atoms with E-state index in [0.717, 1.165) is 18.5 Å². The first-order valence-electron chi connectivity index (χ1n) is 7.93. The molecule has 18 heavy (non-hydrogen) atoms. The average Bonchev–Trinajstić information content (AvgIpc) is 2.37. The van der Waals surface area contributed by atoms with Gasteiger partial charge >= 0.3 is 0 Å². The van der Waals surface area contributed by atoms with Crippen LogP contribution in [0.1, 0.15) is 66.7 Å². The summed E-state index contributed by atoms with van der Waals surface area (Å²) in [6.45, 7) is 12.8. The van der Waals surface area contributed by atoms with Crippen LogP contribution in [-0.4, -0.2) is 36.1 Å². The molecule has 0 aromatic rings. The average molecular weight is 254 g/mol.